The van der Waals surface area contributed by atoms with E-state index in [1.807, 2.05) is 36.4 Å². The first-order valence-corrected chi connectivity index (χ1v) is 8.63. The van der Waals surface area contributed by atoms with Crippen LogP contribution in [0.25, 0.3) is 0 Å². The first kappa shape index (κ1) is 18.6. The molecule has 0 aromatic heterocycles. The van der Waals surface area contributed by atoms with Crippen LogP contribution in [0.4, 0.5) is 5.69 Å². The summed E-state index contributed by atoms with van der Waals surface area (Å²) in [7, 11) is 0. The van der Waals surface area contributed by atoms with E-state index in [9.17, 15) is 14.4 Å². The van der Waals surface area contributed by atoms with Gasteiger partial charge in [-0.15, -0.1) is 0 Å². The van der Waals surface area contributed by atoms with Crippen LogP contribution in [-0.4, -0.2) is 41.1 Å². The SMILES string of the molecule is O=C(O)[C@H]1O[C@@H]1C(=O)N[C@H](CCc1ccccc1)C(=O)Nc1ccccc1. The molecule has 2 amide bonds. The second kappa shape index (κ2) is 8.46. The predicted molar refractivity (Wildman–Crippen MR) is 98.1 cm³/mol. The average molecular weight is 368 g/mol. The van der Waals surface area contributed by atoms with Gasteiger partial charge in [-0.25, -0.2) is 4.79 Å². The molecule has 0 unspecified atom stereocenters. The summed E-state index contributed by atoms with van der Waals surface area (Å²) in [5, 5.41) is 14.3. The second-order valence-electron chi connectivity index (χ2n) is 6.26. The number of para-hydroxylation sites is 1. The van der Waals surface area contributed by atoms with Crippen LogP contribution in [0.5, 0.6) is 0 Å². The van der Waals surface area contributed by atoms with E-state index in [1.54, 1.807) is 24.3 Å². The summed E-state index contributed by atoms with van der Waals surface area (Å²) in [6.45, 7) is 0. The molecular weight excluding hydrogens is 348 g/mol. The van der Waals surface area contributed by atoms with Crippen molar-refractivity contribution in [2.24, 2.45) is 0 Å². The number of carbonyl (C=O) groups is 3. The van der Waals surface area contributed by atoms with Gasteiger partial charge in [0.15, 0.2) is 12.2 Å². The lowest BCUT2D eigenvalue weighted by molar-refractivity contribution is -0.138. The minimum atomic E-state index is -1.19. The fraction of sp³-hybridized carbons (Fsp3) is 0.250. The molecule has 1 heterocycles. The summed E-state index contributed by atoms with van der Waals surface area (Å²) >= 11 is 0. The minimum absolute atomic E-state index is 0.363. The quantitative estimate of drug-likeness (QED) is 0.613. The maximum Gasteiger partial charge on any atom is 0.336 e. The lowest BCUT2D eigenvalue weighted by Gasteiger charge is -2.18. The van der Waals surface area contributed by atoms with Gasteiger partial charge in [-0.3, -0.25) is 9.59 Å². The third kappa shape index (κ3) is 5.15. The van der Waals surface area contributed by atoms with E-state index in [2.05, 4.69) is 10.6 Å². The van der Waals surface area contributed by atoms with Gasteiger partial charge in [-0.1, -0.05) is 48.5 Å². The highest BCUT2D eigenvalue weighted by Crippen LogP contribution is 2.22. The van der Waals surface area contributed by atoms with Gasteiger partial charge >= 0.3 is 5.97 Å². The van der Waals surface area contributed by atoms with E-state index in [0.717, 1.165) is 5.56 Å². The Morgan fingerprint density at radius 1 is 0.963 bits per heavy atom. The minimum Gasteiger partial charge on any atom is -0.479 e. The predicted octanol–water partition coefficient (Wildman–Crippen LogP) is 1.59. The maximum atomic E-state index is 12.6. The molecule has 0 saturated carbocycles. The van der Waals surface area contributed by atoms with Crippen LogP contribution >= 0.6 is 0 Å². The van der Waals surface area contributed by atoms with Crippen LogP contribution in [-0.2, 0) is 25.5 Å². The number of carboxylic acids is 1. The van der Waals surface area contributed by atoms with Crippen molar-refractivity contribution >= 4 is 23.5 Å². The summed E-state index contributed by atoms with van der Waals surface area (Å²) in [5.41, 5.74) is 1.66. The van der Waals surface area contributed by atoms with Crippen molar-refractivity contribution in [3.05, 3.63) is 66.2 Å². The van der Waals surface area contributed by atoms with Crippen molar-refractivity contribution < 1.29 is 24.2 Å². The zero-order valence-corrected chi connectivity index (χ0v) is 14.5. The third-order valence-electron chi connectivity index (χ3n) is 4.23. The second-order valence-corrected chi connectivity index (χ2v) is 6.26. The van der Waals surface area contributed by atoms with Crippen molar-refractivity contribution in [2.75, 3.05) is 5.32 Å². The Labute approximate surface area is 156 Å². The van der Waals surface area contributed by atoms with Crippen LogP contribution in [0.3, 0.4) is 0 Å². The lowest BCUT2D eigenvalue weighted by atomic mass is 10.0. The number of hydrogen-bond donors (Lipinski definition) is 3. The van der Waals surface area contributed by atoms with Gasteiger partial charge in [-0.2, -0.15) is 0 Å². The Bertz CT molecular complexity index is 810. The lowest BCUT2D eigenvalue weighted by Crippen LogP contribution is -2.46. The number of hydrogen-bond acceptors (Lipinski definition) is 4. The Balaban J connectivity index is 1.65. The Morgan fingerprint density at radius 3 is 2.19 bits per heavy atom. The van der Waals surface area contributed by atoms with E-state index in [-0.39, 0.29) is 5.91 Å². The van der Waals surface area contributed by atoms with Crippen molar-refractivity contribution in [3.63, 3.8) is 0 Å². The largest absolute Gasteiger partial charge is 0.479 e. The zero-order chi connectivity index (χ0) is 19.2. The normalized spacial score (nSPS) is 19.0. The number of amides is 2. The van der Waals surface area contributed by atoms with Gasteiger partial charge in [0.25, 0.3) is 5.91 Å². The molecule has 0 bridgehead atoms. The number of aryl methyl sites for hydroxylation is 1. The standard InChI is InChI=1S/C20H20N2O5/c23-18(21-14-9-5-2-6-10-14)15(12-11-13-7-3-1-4-8-13)22-19(24)16-17(27-16)20(25)26/h1-10,15-17H,11-12H2,(H,21,23)(H,22,24)(H,25,26)/t15-,16+,17+/m1/s1. The topological polar surface area (TPSA) is 108 Å². The van der Waals surface area contributed by atoms with Crippen LogP contribution in [0.15, 0.2) is 60.7 Å². The summed E-state index contributed by atoms with van der Waals surface area (Å²) in [4.78, 5) is 35.7. The fourth-order valence-corrected chi connectivity index (χ4v) is 2.73. The van der Waals surface area contributed by atoms with Gasteiger partial charge in [0.05, 0.1) is 0 Å². The molecule has 3 rings (SSSR count). The number of benzene rings is 2. The number of rotatable bonds is 8. The molecule has 2 aromatic rings. The number of aliphatic carboxylic acids is 1. The number of anilines is 1. The Morgan fingerprint density at radius 2 is 1.59 bits per heavy atom. The van der Waals surface area contributed by atoms with Crippen LogP contribution in [0, 0.1) is 0 Å². The van der Waals surface area contributed by atoms with Crippen LogP contribution < -0.4 is 10.6 Å². The van der Waals surface area contributed by atoms with Crippen molar-refractivity contribution in [3.8, 4) is 0 Å². The van der Waals surface area contributed by atoms with Gasteiger partial charge in [0.2, 0.25) is 5.91 Å². The molecular formula is C20H20N2O5. The van der Waals surface area contributed by atoms with E-state index in [4.69, 9.17) is 9.84 Å². The van der Waals surface area contributed by atoms with Gasteiger partial charge in [-0.05, 0) is 30.5 Å². The number of carbonyl (C=O) groups excluding carboxylic acids is 2. The molecule has 0 spiro atoms. The highest BCUT2D eigenvalue weighted by atomic mass is 16.6. The molecule has 1 saturated heterocycles. The molecule has 3 N–H and O–H groups in total. The zero-order valence-electron chi connectivity index (χ0n) is 14.5. The van der Waals surface area contributed by atoms with E-state index in [1.165, 1.54) is 0 Å². The molecule has 27 heavy (non-hydrogen) atoms. The van der Waals surface area contributed by atoms with E-state index >= 15 is 0 Å². The van der Waals surface area contributed by atoms with Crippen LogP contribution in [0.1, 0.15) is 12.0 Å². The van der Waals surface area contributed by atoms with Crippen molar-refractivity contribution in [2.45, 2.75) is 31.1 Å². The van der Waals surface area contributed by atoms with Gasteiger partial charge in [0, 0.05) is 5.69 Å². The molecule has 3 atom stereocenters. The molecule has 140 valence electrons. The highest BCUT2D eigenvalue weighted by Gasteiger charge is 2.51. The molecule has 1 fully saturated rings. The molecule has 2 aromatic carbocycles. The number of epoxide rings is 1. The highest BCUT2D eigenvalue weighted by molar-refractivity contribution is 5.99. The molecule has 0 aliphatic carbocycles. The molecule has 1 aliphatic rings. The van der Waals surface area contributed by atoms with Crippen molar-refractivity contribution in [1.29, 1.82) is 0 Å². The monoisotopic (exact) mass is 368 g/mol. The van der Waals surface area contributed by atoms with E-state index < -0.39 is 30.1 Å². The summed E-state index contributed by atoms with van der Waals surface area (Å²) in [6.07, 6.45) is -1.23. The molecule has 0 radical (unpaired) electrons. The first-order valence-electron chi connectivity index (χ1n) is 8.63. The van der Waals surface area contributed by atoms with Crippen LogP contribution in [0.2, 0.25) is 0 Å². The van der Waals surface area contributed by atoms with E-state index in [0.29, 0.717) is 18.5 Å². The number of carboxylic acid groups (broad SMARTS) is 1. The molecule has 7 nitrogen and oxygen atoms in total. The molecule has 7 heteroatoms. The number of nitrogens with one attached hydrogen (secondary N) is 2. The fourth-order valence-electron chi connectivity index (χ4n) is 2.73. The summed E-state index contributed by atoms with van der Waals surface area (Å²) in [5.74, 6) is -2.15. The third-order valence-corrected chi connectivity index (χ3v) is 4.23. The van der Waals surface area contributed by atoms with Gasteiger partial charge < -0.3 is 20.5 Å². The maximum absolute atomic E-state index is 12.6. The van der Waals surface area contributed by atoms with Gasteiger partial charge in [0.1, 0.15) is 6.04 Å². The molecule has 1 aliphatic heterocycles. The average Bonchev–Trinajstić information content (AvgIpc) is 3.48. The Hall–Kier alpha value is -3.19. The van der Waals surface area contributed by atoms with Crippen molar-refractivity contribution in [1.82, 2.24) is 5.32 Å². The number of ether oxygens (including phenoxy) is 1. The summed E-state index contributed by atoms with van der Waals surface area (Å²) < 4.78 is 4.86. The Kier molecular flexibility index (Phi) is 5.83. The summed E-state index contributed by atoms with van der Waals surface area (Å²) in [6, 6.07) is 17.7. The smallest absolute Gasteiger partial charge is 0.336 e. The first-order chi connectivity index (χ1) is 13.0.